The molecule has 3 aromatic carbocycles. The molecule has 2 atom stereocenters. The van der Waals surface area contributed by atoms with Crippen LogP contribution < -0.4 is 24.8 Å². The van der Waals surface area contributed by atoms with Crippen LogP contribution in [0.5, 0.6) is 17.2 Å². The quantitative estimate of drug-likeness (QED) is 0.285. The molecule has 0 aliphatic carbocycles. The first-order chi connectivity index (χ1) is 23.7. The number of aromatic nitrogens is 2. The number of carbonyl (C=O) groups excluding carboxylic acids is 3. The molecule has 3 amide bonds. The van der Waals surface area contributed by atoms with E-state index in [1.165, 1.54) is 19.2 Å². The first-order valence-electron chi connectivity index (χ1n) is 15.9. The third-order valence-electron chi connectivity index (χ3n) is 8.86. The van der Waals surface area contributed by atoms with E-state index in [0.717, 1.165) is 10.9 Å². The van der Waals surface area contributed by atoms with Crippen LogP contribution in [0.25, 0.3) is 22.2 Å². The number of hydrogen-bond acceptors (Lipinski definition) is 7. The third-order valence-corrected chi connectivity index (χ3v) is 8.86. The Hall–Kier alpha value is -5.91. The molecule has 11 nitrogen and oxygen atoms in total. The minimum Gasteiger partial charge on any atom is -0.496 e. The van der Waals surface area contributed by atoms with Crippen LogP contribution in [0.15, 0.2) is 85.1 Å². The third kappa shape index (κ3) is 6.62. The average Bonchev–Trinajstić information content (AvgIpc) is 3.49. The molecule has 0 spiro atoms. The fourth-order valence-corrected chi connectivity index (χ4v) is 6.21. The van der Waals surface area contributed by atoms with Gasteiger partial charge in [0.05, 0.1) is 18.7 Å². The molecule has 0 radical (unpaired) electrons. The van der Waals surface area contributed by atoms with Crippen LogP contribution >= 0.6 is 0 Å². The number of fused-ring (bicyclic) bond motifs is 8. The van der Waals surface area contributed by atoms with Crippen molar-refractivity contribution in [3.63, 3.8) is 0 Å². The number of aryl methyl sites for hydroxylation is 1. The molecule has 250 valence electrons. The summed E-state index contributed by atoms with van der Waals surface area (Å²) in [6.07, 6.45) is 1.68. The molecule has 2 aromatic heterocycles. The van der Waals surface area contributed by atoms with Crippen molar-refractivity contribution in [2.24, 2.45) is 7.05 Å². The van der Waals surface area contributed by atoms with Crippen LogP contribution in [0.3, 0.4) is 0 Å². The number of carbonyl (C=O) groups is 3. The summed E-state index contributed by atoms with van der Waals surface area (Å²) in [5.41, 5.74) is 2.78. The van der Waals surface area contributed by atoms with E-state index in [2.05, 4.69) is 15.6 Å². The maximum atomic E-state index is 15.3. The first-order valence-corrected chi connectivity index (χ1v) is 15.9. The molecule has 49 heavy (non-hydrogen) atoms. The van der Waals surface area contributed by atoms with Gasteiger partial charge in [0.2, 0.25) is 0 Å². The fourth-order valence-electron chi connectivity index (χ4n) is 6.21. The molecule has 3 aliphatic rings. The maximum absolute atomic E-state index is 15.3. The van der Waals surface area contributed by atoms with Crippen LogP contribution in [0.4, 0.5) is 4.39 Å². The van der Waals surface area contributed by atoms with Gasteiger partial charge in [0.1, 0.15) is 40.5 Å². The van der Waals surface area contributed by atoms with Gasteiger partial charge in [-0.25, -0.2) is 9.37 Å². The van der Waals surface area contributed by atoms with Crippen LogP contribution in [-0.4, -0.2) is 71.1 Å². The summed E-state index contributed by atoms with van der Waals surface area (Å²) in [5, 5.41) is 6.73. The lowest BCUT2D eigenvalue weighted by molar-refractivity contribution is -0.123. The lowest BCUT2D eigenvalue weighted by Crippen LogP contribution is -2.58. The Balaban J connectivity index is 1.23. The van der Waals surface area contributed by atoms with Crippen molar-refractivity contribution in [1.29, 1.82) is 0 Å². The number of methoxy groups -OCH3 is 1. The number of piperidine rings is 1. The highest BCUT2D eigenvalue weighted by atomic mass is 19.1. The molecule has 1 fully saturated rings. The highest BCUT2D eigenvalue weighted by molar-refractivity contribution is 5.97. The molecule has 2 N–H and O–H groups in total. The van der Waals surface area contributed by atoms with Gasteiger partial charge in [-0.3, -0.25) is 14.4 Å². The summed E-state index contributed by atoms with van der Waals surface area (Å²) in [4.78, 5) is 46.4. The molecular weight excluding hydrogens is 629 g/mol. The Bertz CT molecular complexity index is 2080. The molecule has 1 saturated heterocycles. The molecule has 5 heterocycles. The van der Waals surface area contributed by atoms with Gasteiger partial charge in [-0.1, -0.05) is 18.2 Å². The second-order valence-electron chi connectivity index (χ2n) is 12.1. The van der Waals surface area contributed by atoms with E-state index in [1.54, 1.807) is 59.5 Å². The molecule has 8 rings (SSSR count). The second-order valence-corrected chi connectivity index (χ2v) is 12.1. The molecule has 3 aliphatic heterocycles. The van der Waals surface area contributed by atoms with Gasteiger partial charge in [0, 0.05) is 56.3 Å². The number of rotatable bonds is 2. The molecule has 12 heteroatoms. The number of nitrogens with one attached hydrogen (secondary N) is 2. The topological polar surface area (TPSA) is 124 Å². The molecule has 0 saturated carbocycles. The second kappa shape index (κ2) is 13.3. The summed E-state index contributed by atoms with van der Waals surface area (Å²) >= 11 is 0. The highest BCUT2D eigenvalue weighted by Crippen LogP contribution is 2.29. The van der Waals surface area contributed by atoms with Crippen LogP contribution in [0.1, 0.15) is 32.8 Å². The van der Waals surface area contributed by atoms with Crippen LogP contribution in [0, 0.1) is 5.82 Å². The van der Waals surface area contributed by atoms with Gasteiger partial charge >= 0.3 is 0 Å². The summed E-state index contributed by atoms with van der Waals surface area (Å²) < 4.78 is 34.9. The lowest BCUT2D eigenvalue weighted by atomic mass is 9.99. The molecule has 5 aromatic rings. The average molecular weight is 664 g/mol. The van der Waals surface area contributed by atoms with Crippen molar-refractivity contribution in [3.05, 3.63) is 108 Å². The van der Waals surface area contributed by atoms with Gasteiger partial charge in [-0.05, 0) is 65.7 Å². The standard InChI is InChI=1S/C37H34FN5O6/c1-42-14-12-22-8-11-30(40-35(22)42)37(46)43-15-13-32-31(20-43)41-36(45)28-17-24(7-10-29(28)38)23-4-3-5-26(16-23)48-21-34(44)39-19-25-6-9-27(49-32)18-33(25)47-2/h3-12,14,16-18,31-32H,13,15,19-21H2,1-2H3,(H,39,44)(H,41,45)/t31-,32+/m1/s1. The van der Waals surface area contributed by atoms with E-state index < -0.39 is 23.9 Å². The summed E-state index contributed by atoms with van der Waals surface area (Å²) in [6, 6.07) is 21.3. The predicted molar refractivity (Wildman–Crippen MR) is 179 cm³/mol. The van der Waals surface area contributed by atoms with E-state index in [0.29, 0.717) is 47.0 Å². The Labute approximate surface area is 281 Å². The van der Waals surface area contributed by atoms with Gasteiger partial charge in [0.25, 0.3) is 17.7 Å². The number of amides is 3. The molecular formula is C37H34FN5O6. The summed E-state index contributed by atoms with van der Waals surface area (Å²) in [7, 11) is 3.39. The zero-order valence-corrected chi connectivity index (χ0v) is 26.9. The Morgan fingerprint density at radius 1 is 1.00 bits per heavy atom. The van der Waals surface area contributed by atoms with Gasteiger partial charge in [0.15, 0.2) is 6.61 Å². The Morgan fingerprint density at radius 3 is 2.71 bits per heavy atom. The minimum absolute atomic E-state index is 0.101. The van der Waals surface area contributed by atoms with E-state index in [4.69, 9.17) is 14.2 Å². The van der Waals surface area contributed by atoms with Gasteiger partial charge in [-0.15, -0.1) is 0 Å². The van der Waals surface area contributed by atoms with Crippen molar-refractivity contribution in [1.82, 2.24) is 25.1 Å². The summed E-state index contributed by atoms with van der Waals surface area (Å²) in [6.45, 7) is 0.422. The number of halogens is 1. The fraction of sp³-hybridized carbons (Fsp3) is 0.243. The zero-order valence-electron chi connectivity index (χ0n) is 26.9. The van der Waals surface area contributed by atoms with Crippen molar-refractivity contribution in [3.8, 4) is 28.4 Å². The Morgan fingerprint density at radius 2 is 1.86 bits per heavy atom. The van der Waals surface area contributed by atoms with E-state index in [1.807, 2.05) is 29.9 Å². The SMILES string of the molecule is COc1cc2ccc1CNC(=O)COc1cccc(c1)-c1ccc(F)c(c1)C(=O)N[C@@H]1CN(C(=O)c3ccc4ccn(C)c4n3)CC[C@@H]1O2. The number of pyridine rings is 1. The predicted octanol–water partition coefficient (Wildman–Crippen LogP) is 4.49. The van der Waals surface area contributed by atoms with Crippen molar-refractivity contribution in [2.75, 3.05) is 26.8 Å². The van der Waals surface area contributed by atoms with Crippen LogP contribution in [0.2, 0.25) is 0 Å². The number of ether oxygens (including phenoxy) is 3. The number of benzene rings is 3. The molecule has 0 unspecified atom stereocenters. The monoisotopic (exact) mass is 663 g/mol. The first kappa shape index (κ1) is 31.7. The van der Waals surface area contributed by atoms with Crippen LogP contribution in [-0.2, 0) is 18.4 Å². The zero-order chi connectivity index (χ0) is 34.1. The normalized spacial score (nSPS) is 18.1. The minimum atomic E-state index is -0.709. The maximum Gasteiger partial charge on any atom is 0.272 e. The van der Waals surface area contributed by atoms with Gasteiger partial charge < -0.3 is 34.3 Å². The van der Waals surface area contributed by atoms with Crippen molar-refractivity contribution in [2.45, 2.75) is 25.1 Å². The molecule has 6 bridgehead atoms. The van der Waals surface area contributed by atoms with Gasteiger partial charge in [-0.2, -0.15) is 0 Å². The number of hydrogen-bond donors (Lipinski definition) is 2. The van der Waals surface area contributed by atoms with E-state index >= 15 is 4.39 Å². The number of nitrogens with zero attached hydrogens (tertiary/aromatic N) is 3. The van der Waals surface area contributed by atoms with E-state index in [9.17, 15) is 14.4 Å². The largest absolute Gasteiger partial charge is 0.496 e. The Kier molecular flexibility index (Phi) is 8.60. The summed E-state index contributed by atoms with van der Waals surface area (Å²) in [5.74, 6) is -0.564. The van der Waals surface area contributed by atoms with Crippen molar-refractivity contribution < 1.29 is 33.0 Å². The lowest BCUT2D eigenvalue weighted by Gasteiger charge is -2.38. The number of likely N-dealkylation sites (tertiary alicyclic amines) is 1. The highest BCUT2D eigenvalue weighted by Gasteiger charge is 2.36. The van der Waals surface area contributed by atoms with E-state index in [-0.39, 0.29) is 42.8 Å². The van der Waals surface area contributed by atoms with Crippen molar-refractivity contribution >= 4 is 28.8 Å². The smallest absolute Gasteiger partial charge is 0.272 e.